The topological polar surface area (TPSA) is 66.5 Å². The van der Waals surface area contributed by atoms with Crippen LogP contribution in [0.1, 0.15) is 27.1 Å². The van der Waals surface area contributed by atoms with E-state index in [9.17, 15) is 18.8 Å². The molecule has 0 saturated carbocycles. The van der Waals surface area contributed by atoms with Crippen LogP contribution in [0.15, 0.2) is 42.5 Å². The minimum Gasteiger partial charge on any atom is -0.324 e. The molecule has 0 radical (unpaired) electrons. The van der Waals surface area contributed by atoms with E-state index < -0.39 is 5.82 Å². The number of nitrogens with one attached hydrogen (secondary N) is 1. The minimum absolute atomic E-state index is 0.0837. The van der Waals surface area contributed by atoms with Crippen LogP contribution in [-0.2, 0) is 4.79 Å². The Morgan fingerprint density at radius 1 is 1.07 bits per heavy atom. The Kier molecular flexibility index (Phi) is 6.13. The van der Waals surface area contributed by atoms with Gasteiger partial charge in [-0.05, 0) is 30.3 Å². The van der Waals surface area contributed by atoms with Gasteiger partial charge in [-0.1, -0.05) is 23.7 Å². The number of rotatable bonds is 7. The van der Waals surface area contributed by atoms with Crippen LogP contribution in [0.3, 0.4) is 0 Å². The number of thioether (sulfide) groups is 1. The van der Waals surface area contributed by atoms with Gasteiger partial charge in [-0.3, -0.25) is 19.3 Å². The van der Waals surface area contributed by atoms with Gasteiger partial charge in [0.25, 0.3) is 11.8 Å². The van der Waals surface area contributed by atoms with Gasteiger partial charge in [0.2, 0.25) is 5.91 Å². The molecular weight excluding hydrogens is 391 g/mol. The number of benzene rings is 2. The Morgan fingerprint density at radius 3 is 2.37 bits per heavy atom. The predicted octanol–water partition coefficient (Wildman–Crippen LogP) is 3.84. The zero-order chi connectivity index (χ0) is 19.4. The number of hydrogen-bond acceptors (Lipinski definition) is 4. The normalized spacial score (nSPS) is 13.0. The first kappa shape index (κ1) is 19.4. The summed E-state index contributed by atoms with van der Waals surface area (Å²) in [5.74, 6) is -0.462. The van der Waals surface area contributed by atoms with Gasteiger partial charge in [-0.15, -0.1) is 0 Å². The van der Waals surface area contributed by atoms with Crippen molar-refractivity contribution in [2.45, 2.75) is 6.42 Å². The molecule has 0 unspecified atom stereocenters. The molecule has 1 N–H and O–H groups in total. The average molecular weight is 407 g/mol. The highest BCUT2D eigenvalue weighted by molar-refractivity contribution is 7.99. The molecule has 2 aromatic rings. The summed E-state index contributed by atoms with van der Waals surface area (Å²) in [6, 6.07) is 10.8. The van der Waals surface area contributed by atoms with Crippen LogP contribution in [0.25, 0.3) is 0 Å². The molecule has 0 atom stereocenters. The Balaban J connectivity index is 1.40. The molecule has 5 nitrogen and oxygen atoms in total. The second-order valence-electron chi connectivity index (χ2n) is 5.84. The molecular formula is C19H16ClFN2O3S. The van der Waals surface area contributed by atoms with Gasteiger partial charge in [0.15, 0.2) is 0 Å². The van der Waals surface area contributed by atoms with Gasteiger partial charge in [-0.2, -0.15) is 11.8 Å². The van der Waals surface area contributed by atoms with Gasteiger partial charge < -0.3 is 5.32 Å². The standard InChI is InChI=1S/C19H16ClFN2O3S/c20-12-5-6-16(15(21)11-12)22-17(24)7-9-27-10-8-23-18(25)13-3-1-2-4-14(13)19(23)26/h1-6,11H,7-10H2,(H,22,24). The van der Waals surface area contributed by atoms with Crippen molar-refractivity contribution in [3.8, 4) is 0 Å². The summed E-state index contributed by atoms with van der Waals surface area (Å²) >= 11 is 7.11. The Labute approximate surface area is 164 Å². The third kappa shape index (κ3) is 4.48. The molecule has 0 aliphatic carbocycles. The van der Waals surface area contributed by atoms with E-state index in [0.29, 0.717) is 22.6 Å². The van der Waals surface area contributed by atoms with E-state index in [1.165, 1.54) is 28.8 Å². The first-order valence-corrected chi connectivity index (χ1v) is 9.78. The fourth-order valence-corrected chi connectivity index (χ4v) is 3.67. The number of nitrogens with zero attached hydrogens (tertiary/aromatic N) is 1. The van der Waals surface area contributed by atoms with Crippen LogP contribution in [0.2, 0.25) is 5.02 Å². The van der Waals surface area contributed by atoms with Gasteiger partial charge in [-0.25, -0.2) is 4.39 Å². The maximum absolute atomic E-state index is 13.6. The molecule has 0 bridgehead atoms. The van der Waals surface area contributed by atoms with Crippen LogP contribution < -0.4 is 5.32 Å². The second-order valence-corrected chi connectivity index (χ2v) is 7.50. The number of imide groups is 1. The van der Waals surface area contributed by atoms with Gasteiger partial charge >= 0.3 is 0 Å². The van der Waals surface area contributed by atoms with Gasteiger partial charge in [0.1, 0.15) is 5.82 Å². The fourth-order valence-electron chi connectivity index (χ4n) is 2.67. The minimum atomic E-state index is -0.589. The molecule has 1 aliphatic rings. The third-order valence-corrected chi connectivity index (χ3v) is 5.22. The predicted molar refractivity (Wildman–Crippen MR) is 104 cm³/mol. The molecule has 3 amide bonds. The summed E-state index contributed by atoms with van der Waals surface area (Å²) in [5.41, 5.74) is 0.939. The second kappa shape index (κ2) is 8.54. The first-order valence-electron chi connectivity index (χ1n) is 8.25. The lowest BCUT2D eigenvalue weighted by molar-refractivity contribution is -0.115. The van der Waals surface area contributed by atoms with E-state index in [-0.39, 0.29) is 41.4 Å². The Morgan fingerprint density at radius 2 is 1.74 bits per heavy atom. The SMILES string of the molecule is O=C(CCSCCN1C(=O)c2ccccc2C1=O)Nc1ccc(Cl)cc1F. The molecule has 27 heavy (non-hydrogen) atoms. The third-order valence-electron chi connectivity index (χ3n) is 4.02. The number of anilines is 1. The summed E-state index contributed by atoms with van der Waals surface area (Å²) in [6.45, 7) is 0.282. The van der Waals surface area contributed by atoms with Gasteiger partial charge in [0.05, 0.1) is 16.8 Å². The summed E-state index contributed by atoms with van der Waals surface area (Å²) in [6.07, 6.45) is 0.189. The number of halogens is 2. The van der Waals surface area contributed by atoms with E-state index in [1.807, 2.05) is 0 Å². The van der Waals surface area contributed by atoms with E-state index in [2.05, 4.69) is 5.32 Å². The largest absolute Gasteiger partial charge is 0.324 e. The maximum Gasteiger partial charge on any atom is 0.261 e. The molecule has 1 aliphatic heterocycles. The number of fused-ring (bicyclic) bond motifs is 1. The van der Waals surface area contributed by atoms with Crippen LogP contribution >= 0.6 is 23.4 Å². The number of carbonyl (C=O) groups is 3. The van der Waals surface area contributed by atoms with Crippen LogP contribution in [-0.4, -0.2) is 40.7 Å². The molecule has 8 heteroatoms. The molecule has 2 aromatic carbocycles. The smallest absolute Gasteiger partial charge is 0.261 e. The van der Waals surface area contributed by atoms with E-state index in [4.69, 9.17) is 11.6 Å². The number of carbonyl (C=O) groups excluding carboxylic acids is 3. The van der Waals surface area contributed by atoms with Gasteiger partial charge in [0, 0.05) is 29.5 Å². The Hall–Kier alpha value is -2.38. The van der Waals surface area contributed by atoms with Crippen molar-refractivity contribution in [3.05, 3.63) is 64.4 Å². The summed E-state index contributed by atoms with van der Waals surface area (Å²) < 4.78 is 13.6. The molecule has 0 saturated heterocycles. The molecule has 3 rings (SSSR count). The van der Waals surface area contributed by atoms with Crippen molar-refractivity contribution < 1.29 is 18.8 Å². The van der Waals surface area contributed by atoms with Crippen LogP contribution in [0.4, 0.5) is 10.1 Å². The lowest BCUT2D eigenvalue weighted by atomic mass is 10.1. The molecule has 0 fully saturated rings. The maximum atomic E-state index is 13.6. The zero-order valence-corrected chi connectivity index (χ0v) is 15.8. The number of hydrogen-bond donors (Lipinski definition) is 1. The first-order chi connectivity index (χ1) is 13.0. The highest BCUT2D eigenvalue weighted by Gasteiger charge is 2.34. The van der Waals surface area contributed by atoms with Crippen molar-refractivity contribution in [1.29, 1.82) is 0 Å². The zero-order valence-electron chi connectivity index (χ0n) is 14.2. The van der Waals surface area contributed by atoms with Crippen molar-refractivity contribution in [3.63, 3.8) is 0 Å². The summed E-state index contributed by atoms with van der Waals surface area (Å²) in [5, 5.41) is 2.75. The van der Waals surface area contributed by atoms with Crippen molar-refractivity contribution in [2.24, 2.45) is 0 Å². The fraction of sp³-hybridized carbons (Fsp3) is 0.211. The Bertz CT molecular complexity index is 871. The van der Waals surface area contributed by atoms with E-state index >= 15 is 0 Å². The lowest BCUT2D eigenvalue weighted by Gasteiger charge is -2.13. The molecule has 0 aromatic heterocycles. The molecule has 1 heterocycles. The van der Waals surface area contributed by atoms with Crippen LogP contribution in [0, 0.1) is 5.82 Å². The average Bonchev–Trinajstić information content (AvgIpc) is 2.89. The molecule has 140 valence electrons. The summed E-state index contributed by atoms with van der Waals surface area (Å²) in [7, 11) is 0. The highest BCUT2D eigenvalue weighted by Crippen LogP contribution is 2.23. The highest BCUT2D eigenvalue weighted by atomic mass is 35.5. The van der Waals surface area contributed by atoms with Crippen molar-refractivity contribution in [1.82, 2.24) is 4.90 Å². The van der Waals surface area contributed by atoms with Crippen molar-refractivity contribution in [2.75, 3.05) is 23.4 Å². The van der Waals surface area contributed by atoms with Crippen molar-refractivity contribution >= 4 is 46.8 Å². The monoisotopic (exact) mass is 406 g/mol. The van der Waals surface area contributed by atoms with Crippen LogP contribution in [0.5, 0.6) is 0 Å². The molecule has 0 spiro atoms. The van der Waals surface area contributed by atoms with E-state index in [0.717, 1.165) is 6.07 Å². The summed E-state index contributed by atoms with van der Waals surface area (Å²) in [4.78, 5) is 37.6. The number of amides is 3. The quantitative estimate of drug-likeness (QED) is 0.560. The lowest BCUT2D eigenvalue weighted by Crippen LogP contribution is -2.31. The van der Waals surface area contributed by atoms with E-state index in [1.54, 1.807) is 24.3 Å².